The smallest absolute Gasteiger partial charge is 0.414 e. The van der Waals surface area contributed by atoms with E-state index >= 15 is 0 Å². The molecule has 2 N–H and O–H groups in total. The third-order valence-electron chi connectivity index (χ3n) is 3.91. The minimum absolute atomic E-state index is 0.832. The Morgan fingerprint density at radius 3 is 2.05 bits per heavy atom. The molecule has 5 heteroatoms. The van der Waals surface area contributed by atoms with Gasteiger partial charge in [-0.15, -0.1) is 0 Å². The Kier molecular flexibility index (Phi) is 8.22. The molecule has 1 saturated carbocycles. The highest BCUT2D eigenvalue weighted by molar-refractivity contribution is 6.27. The van der Waals surface area contributed by atoms with Gasteiger partial charge in [-0.25, -0.2) is 9.59 Å². The molecule has 0 amide bonds. The molecule has 1 aliphatic carbocycles. The van der Waals surface area contributed by atoms with Crippen molar-refractivity contribution in [3.8, 4) is 0 Å². The molecule has 2 rings (SSSR count). The van der Waals surface area contributed by atoms with Gasteiger partial charge in [-0.1, -0.05) is 56.5 Å². The SMILES string of the molecule is CCN(Cc1ccccc1)C1CCCCC1.O=C(O)C(=O)O. The number of rotatable bonds is 4. The zero-order valence-corrected chi connectivity index (χ0v) is 13.1. The normalized spacial score (nSPS) is 15.0. The lowest BCUT2D eigenvalue weighted by molar-refractivity contribution is -0.159. The van der Waals surface area contributed by atoms with Gasteiger partial charge < -0.3 is 10.2 Å². The first-order valence-electron chi connectivity index (χ1n) is 7.78. The van der Waals surface area contributed by atoms with E-state index in [0.29, 0.717) is 0 Å². The Bertz CT molecular complexity index is 443. The van der Waals surface area contributed by atoms with Crippen LogP contribution in [0.1, 0.15) is 44.6 Å². The highest BCUT2D eigenvalue weighted by atomic mass is 16.4. The van der Waals surface area contributed by atoms with Crippen molar-refractivity contribution in [1.82, 2.24) is 4.90 Å². The predicted molar refractivity (Wildman–Crippen MR) is 84.7 cm³/mol. The standard InChI is InChI=1S/C15H23N.C2H2O4/c1-2-16(15-11-7-4-8-12-15)13-14-9-5-3-6-10-14;3-1(4)2(5)6/h3,5-6,9-10,15H,2,4,7-8,11-13H2,1H3;(H,3,4)(H,5,6). The third kappa shape index (κ3) is 6.72. The Morgan fingerprint density at radius 1 is 1.05 bits per heavy atom. The van der Waals surface area contributed by atoms with Crippen LogP contribution in [0, 0.1) is 0 Å². The maximum atomic E-state index is 9.10. The zero-order chi connectivity index (χ0) is 16.4. The number of carboxylic acid groups (broad SMARTS) is 2. The van der Waals surface area contributed by atoms with E-state index < -0.39 is 11.9 Å². The molecule has 1 aromatic rings. The molecular weight excluding hydrogens is 282 g/mol. The number of carbonyl (C=O) groups is 2. The van der Waals surface area contributed by atoms with Gasteiger partial charge in [0, 0.05) is 12.6 Å². The van der Waals surface area contributed by atoms with E-state index in [0.717, 1.165) is 12.6 Å². The van der Waals surface area contributed by atoms with Gasteiger partial charge in [0.15, 0.2) is 0 Å². The van der Waals surface area contributed by atoms with E-state index in [1.54, 1.807) is 0 Å². The van der Waals surface area contributed by atoms with Gasteiger partial charge in [-0.2, -0.15) is 0 Å². The number of hydrogen-bond acceptors (Lipinski definition) is 3. The summed E-state index contributed by atoms with van der Waals surface area (Å²) in [5.74, 6) is -3.65. The second-order valence-corrected chi connectivity index (χ2v) is 5.45. The summed E-state index contributed by atoms with van der Waals surface area (Å²) in [5.41, 5.74) is 1.45. The lowest BCUT2D eigenvalue weighted by atomic mass is 9.94. The van der Waals surface area contributed by atoms with Gasteiger partial charge in [0.1, 0.15) is 0 Å². The van der Waals surface area contributed by atoms with Crippen LogP contribution >= 0.6 is 0 Å². The van der Waals surface area contributed by atoms with E-state index in [9.17, 15) is 0 Å². The number of hydrogen-bond donors (Lipinski definition) is 2. The first-order chi connectivity index (χ1) is 10.5. The summed E-state index contributed by atoms with van der Waals surface area (Å²) in [5, 5.41) is 14.8. The molecule has 0 unspecified atom stereocenters. The summed E-state index contributed by atoms with van der Waals surface area (Å²) in [6.45, 7) is 4.60. The third-order valence-corrected chi connectivity index (χ3v) is 3.91. The summed E-state index contributed by atoms with van der Waals surface area (Å²) in [7, 11) is 0. The minimum atomic E-state index is -1.82. The Morgan fingerprint density at radius 2 is 1.59 bits per heavy atom. The first-order valence-corrected chi connectivity index (χ1v) is 7.78. The van der Waals surface area contributed by atoms with Crippen molar-refractivity contribution in [1.29, 1.82) is 0 Å². The molecule has 0 atom stereocenters. The van der Waals surface area contributed by atoms with Crippen molar-refractivity contribution < 1.29 is 19.8 Å². The quantitative estimate of drug-likeness (QED) is 0.836. The monoisotopic (exact) mass is 307 g/mol. The molecule has 5 nitrogen and oxygen atoms in total. The van der Waals surface area contributed by atoms with E-state index in [2.05, 4.69) is 42.2 Å². The maximum absolute atomic E-state index is 9.10. The van der Waals surface area contributed by atoms with Gasteiger partial charge in [-0.05, 0) is 24.9 Å². The topological polar surface area (TPSA) is 77.8 Å². The summed E-state index contributed by atoms with van der Waals surface area (Å²) in [6, 6.07) is 11.7. The Hall–Kier alpha value is -1.88. The summed E-state index contributed by atoms with van der Waals surface area (Å²) < 4.78 is 0. The van der Waals surface area contributed by atoms with E-state index in [1.165, 1.54) is 44.2 Å². The molecule has 122 valence electrons. The fourth-order valence-electron chi connectivity index (χ4n) is 2.76. The summed E-state index contributed by atoms with van der Waals surface area (Å²) >= 11 is 0. The second-order valence-electron chi connectivity index (χ2n) is 5.45. The van der Waals surface area contributed by atoms with Crippen molar-refractivity contribution >= 4 is 11.9 Å². The van der Waals surface area contributed by atoms with Gasteiger partial charge in [0.25, 0.3) is 0 Å². The van der Waals surface area contributed by atoms with Crippen LogP contribution in [0.5, 0.6) is 0 Å². The lowest BCUT2D eigenvalue weighted by Gasteiger charge is -2.33. The summed E-state index contributed by atoms with van der Waals surface area (Å²) in [4.78, 5) is 20.8. The van der Waals surface area contributed by atoms with Crippen molar-refractivity contribution in [3.05, 3.63) is 35.9 Å². The largest absolute Gasteiger partial charge is 0.473 e. The molecule has 1 fully saturated rings. The van der Waals surface area contributed by atoms with Gasteiger partial charge in [-0.3, -0.25) is 4.90 Å². The van der Waals surface area contributed by atoms with Crippen LogP contribution in [0.3, 0.4) is 0 Å². The number of aliphatic carboxylic acids is 2. The van der Waals surface area contributed by atoms with Crippen LogP contribution in [0.4, 0.5) is 0 Å². The van der Waals surface area contributed by atoms with E-state index in [4.69, 9.17) is 19.8 Å². The fourth-order valence-corrected chi connectivity index (χ4v) is 2.76. The molecule has 0 bridgehead atoms. The van der Waals surface area contributed by atoms with E-state index in [-0.39, 0.29) is 0 Å². The van der Waals surface area contributed by atoms with E-state index in [1.807, 2.05) is 0 Å². The Balaban J connectivity index is 0.000000346. The van der Waals surface area contributed by atoms with Crippen molar-refractivity contribution in [2.75, 3.05) is 6.54 Å². The fraction of sp³-hybridized carbons (Fsp3) is 0.529. The maximum Gasteiger partial charge on any atom is 0.414 e. The van der Waals surface area contributed by atoms with Gasteiger partial charge >= 0.3 is 11.9 Å². The molecule has 0 saturated heterocycles. The molecule has 0 aromatic heterocycles. The van der Waals surface area contributed by atoms with Crippen LogP contribution < -0.4 is 0 Å². The van der Waals surface area contributed by atoms with Gasteiger partial charge in [0.05, 0.1) is 0 Å². The van der Waals surface area contributed by atoms with Crippen LogP contribution in [-0.4, -0.2) is 39.6 Å². The first kappa shape index (κ1) is 18.2. The van der Waals surface area contributed by atoms with Crippen molar-refractivity contribution in [2.24, 2.45) is 0 Å². The second kappa shape index (κ2) is 9.95. The molecule has 0 radical (unpaired) electrons. The molecule has 1 aliphatic rings. The van der Waals surface area contributed by atoms with Crippen LogP contribution in [0.25, 0.3) is 0 Å². The highest BCUT2D eigenvalue weighted by Gasteiger charge is 2.19. The summed E-state index contributed by atoms with van der Waals surface area (Å²) in [6.07, 6.45) is 7.10. The van der Waals surface area contributed by atoms with Crippen molar-refractivity contribution in [2.45, 2.75) is 51.6 Å². The highest BCUT2D eigenvalue weighted by Crippen LogP contribution is 2.23. The Labute approximate surface area is 131 Å². The molecule has 0 spiro atoms. The predicted octanol–water partition coefficient (Wildman–Crippen LogP) is 3.00. The van der Waals surface area contributed by atoms with Crippen LogP contribution in [0.15, 0.2) is 30.3 Å². The molecule has 0 heterocycles. The van der Waals surface area contributed by atoms with Crippen molar-refractivity contribution in [3.63, 3.8) is 0 Å². The van der Waals surface area contributed by atoms with Crippen LogP contribution in [-0.2, 0) is 16.1 Å². The average Bonchev–Trinajstić information content (AvgIpc) is 2.55. The lowest BCUT2D eigenvalue weighted by Crippen LogP contribution is -2.36. The molecule has 0 aliphatic heterocycles. The minimum Gasteiger partial charge on any atom is -0.473 e. The number of carboxylic acids is 2. The average molecular weight is 307 g/mol. The molecular formula is C17H25NO4. The van der Waals surface area contributed by atoms with Crippen LogP contribution in [0.2, 0.25) is 0 Å². The molecule has 22 heavy (non-hydrogen) atoms. The number of benzene rings is 1. The number of nitrogens with zero attached hydrogens (tertiary/aromatic N) is 1. The zero-order valence-electron chi connectivity index (χ0n) is 13.1. The van der Waals surface area contributed by atoms with Gasteiger partial charge in [0.2, 0.25) is 0 Å². The molecule has 1 aromatic carbocycles.